The summed E-state index contributed by atoms with van der Waals surface area (Å²) < 4.78 is 0.988. The molecule has 0 saturated carbocycles. The molecule has 0 radical (unpaired) electrons. The molecule has 1 fully saturated rings. The lowest BCUT2D eigenvalue weighted by Gasteiger charge is -2.14. The number of halogens is 1. The van der Waals surface area contributed by atoms with Crippen LogP contribution in [0.15, 0.2) is 34.1 Å². The second-order valence-corrected chi connectivity index (χ2v) is 8.40. The van der Waals surface area contributed by atoms with E-state index in [1.807, 2.05) is 29.6 Å². The molecule has 2 N–H and O–H groups in total. The molecule has 2 heterocycles. The standard InChI is InChI=1S/C20H23BrN4OS/c21-16-7-5-15(6-8-16)18-14-27-19(17(18)13-22)24-20(26)23-9-1-2-10-25-11-3-4-12-25/h5-8,14H,1-4,9-12H2,(H2,23,24,26). The number of nitriles is 1. The van der Waals surface area contributed by atoms with E-state index in [0.29, 0.717) is 17.1 Å². The first-order valence-corrected chi connectivity index (χ1v) is 10.9. The molecule has 142 valence electrons. The van der Waals surface area contributed by atoms with E-state index >= 15 is 0 Å². The lowest BCUT2D eigenvalue weighted by Crippen LogP contribution is -2.30. The van der Waals surface area contributed by atoms with Crippen molar-refractivity contribution >= 4 is 38.3 Å². The van der Waals surface area contributed by atoms with Gasteiger partial charge in [0.1, 0.15) is 11.1 Å². The number of thiophene rings is 1. The first-order valence-electron chi connectivity index (χ1n) is 9.22. The van der Waals surface area contributed by atoms with Crippen molar-refractivity contribution in [2.45, 2.75) is 25.7 Å². The lowest BCUT2D eigenvalue weighted by molar-refractivity contribution is 0.251. The fourth-order valence-electron chi connectivity index (χ4n) is 3.22. The van der Waals surface area contributed by atoms with E-state index in [4.69, 9.17) is 0 Å². The summed E-state index contributed by atoms with van der Waals surface area (Å²) in [6.07, 6.45) is 4.68. The topological polar surface area (TPSA) is 68.2 Å². The number of rotatable bonds is 7. The summed E-state index contributed by atoms with van der Waals surface area (Å²) in [4.78, 5) is 14.6. The predicted octanol–water partition coefficient (Wildman–Crippen LogP) is 5.05. The number of urea groups is 1. The molecule has 1 aliphatic rings. The van der Waals surface area contributed by atoms with Gasteiger partial charge in [0.05, 0.1) is 5.56 Å². The molecule has 1 aliphatic heterocycles. The maximum absolute atomic E-state index is 12.1. The summed E-state index contributed by atoms with van der Waals surface area (Å²) in [5, 5.41) is 17.7. The van der Waals surface area contributed by atoms with Crippen LogP contribution in [0.5, 0.6) is 0 Å². The van der Waals surface area contributed by atoms with Crippen LogP contribution in [0.2, 0.25) is 0 Å². The Hall–Kier alpha value is -1.88. The van der Waals surface area contributed by atoms with Gasteiger partial charge in [-0.2, -0.15) is 5.26 Å². The van der Waals surface area contributed by atoms with Crippen molar-refractivity contribution in [2.75, 3.05) is 31.5 Å². The van der Waals surface area contributed by atoms with Gasteiger partial charge in [0.2, 0.25) is 0 Å². The number of hydrogen-bond acceptors (Lipinski definition) is 4. The Morgan fingerprint density at radius 3 is 2.67 bits per heavy atom. The van der Waals surface area contributed by atoms with Gasteiger partial charge in [0.25, 0.3) is 0 Å². The number of likely N-dealkylation sites (tertiary alicyclic amines) is 1. The van der Waals surface area contributed by atoms with E-state index in [-0.39, 0.29) is 6.03 Å². The molecule has 7 heteroatoms. The van der Waals surface area contributed by atoms with Crippen LogP contribution in [0, 0.1) is 11.3 Å². The van der Waals surface area contributed by atoms with E-state index in [1.165, 1.54) is 37.3 Å². The fraction of sp³-hybridized carbons (Fsp3) is 0.400. The molecule has 1 aromatic heterocycles. The molecule has 0 unspecified atom stereocenters. The SMILES string of the molecule is N#Cc1c(-c2ccc(Br)cc2)csc1NC(=O)NCCCCN1CCCC1. The zero-order chi connectivity index (χ0) is 19.1. The second kappa shape index (κ2) is 9.88. The Labute approximate surface area is 172 Å². The molecule has 0 atom stereocenters. The van der Waals surface area contributed by atoms with Gasteiger partial charge in [-0.1, -0.05) is 28.1 Å². The normalized spacial score (nSPS) is 14.1. The minimum absolute atomic E-state index is 0.253. The average Bonchev–Trinajstić information content (AvgIpc) is 3.32. The molecule has 2 amide bonds. The van der Waals surface area contributed by atoms with Crippen molar-refractivity contribution in [2.24, 2.45) is 0 Å². The van der Waals surface area contributed by atoms with Gasteiger partial charge in [-0.15, -0.1) is 11.3 Å². The van der Waals surface area contributed by atoms with Gasteiger partial charge >= 0.3 is 6.03 Å². The molecule has 1 saturated heterocycles. The van der Waals surface area contributed by atoms with E-state index in [0.717, 1.165) is 35.0 Å². The number of hydrogen-bond donors (Lipinski definition) is 2. The Kier molecular flexibility index (Phi) is 7.27. The molecular weight excluding hydrogens is 424 g/mol. The van der Waals surface area contributed by atoms with Crippen molar-refractivity contribution in [3.8, 4) is 17.2 Å². The number of carbonyl (C=O) groups is 1. The molecule has 0 aliphatic carbocycles. The monoisotopic (exact) mass is 446 g/mol. The molecular formula is C20H23BrN4OS. The molecule has 1 aromatic carbocycles. The third kappa shape index (κ3) is 5.55. The van der Waals surface area contributed by atoms with Crippen LogP contribution in [0.25, 0.3) is 11.1 Å². The highest BCUT2D eigenvalue weighted by molar-refractivity contribution is 9.10. The van der Waals surface area contributed by atoms with Gasteiger partial charge in [0.15, 0.2) is 0 Å². The summed E-state index contributed by atoms with van der Waals surface area (Å²) in [7, 11) is 0. The largest absolute Gasteiger partial charge is 0.338 e. The van der Waals surface area contributed by atoms with E-state index in [9.17, 15) is 10.1 Å². The highest BCUT2D eigenvalue weighted by Crippen LogP contribution is 2.35. The molecule has 5 nitrogen and oxygen atoms in total. The van der Waals surface area contributed by atoms with Crippen LogP contribution < -0.4 is 10.6 Å². The summed E-state index contributed by atoms with van der Waals surface area (Å²) in [6, 6.07) is 9.76. The molecule has 3 rings (SSSR count). The van der Waals surface area contributed by atoms with Crippen LogP contribution in [0.4, 0.5) is 9.80 Å². The van der Waals surface area contributed by atoms with Crippen molar-refractivity contribution in [1.29, 1.82) is 5.26 Å². The lowest BCUT2D eigenvalue weighted by atomic mass is 10.1. The quantitative estimate of drug-likeness (QED) is 0.584. The number of nitrogens with one attached hydrogen (secondary N) is 2. The molecule has 0 spiro atoms. The van der Waals surface area contributed by atoms with Gasteiger partial charge in [0, 0.05) is 22.0 Å². The van der Waals surface area contributed by atoms with Crippen LogP contribution in [-0.4, -0.2) is 37.1 Å². The number of unbranched alkanes of at least 4 members (excludes halogenated alkanes) is 1. The van der Waals surface area contributed by atoms with Crippen LogP contribution >= 0.6 is 27.3 Å². The third-order valence-corrected chi connectivity index (χ3v) is 6.09. The third-order valence-electron chi connectivity index (χ3n) is 4.67. The molecule has 0 bridgehead atoms. The Balaban J connectivity index is 1.49. The van der Waals surface area contributed by atoms with Gasteiger partial charge < -0.3 is 10.2 Å². The highest BCUT2D eigenvalue weighted by atomic mass is 79.9. The van der Waals surface area contributed by atoms with E-state index < -0.39 is 0 Å². The highest BCUT2D eigenvalue weighted by Gasteiger charge is 2.15. The molecule has 2 aromatic rings. The van der Waals surface area contributed by atoms with Gasteiger partial charge in [-0.25, -0.2) is 4.79 Å². The first-order chi connectivity index (χ1) is 13.2. The number of benzene rings is 1. The summed E-state index contributed by atoms with van der Waals surface area (Å²) >= 11 is 4.79. The van der Waals surface area contributed by atoms with Gasteiger partial charge in [-0.05, 0) is 63.0 Å². The summed E-state index contributed by atoms with van der Waals surface area (Å²) in [5.74, 6) is 0. The first kappa shape index (κ1) is 19.9. The number of amides is 2. The smallest absolute Gasteiger partial charge is 0.319 e. The number of anilines is 1. The van der Waals surface area contributed by atoms with Crippen molar-refractivity contribution in [1.82, 2.24) is 10.2 Å². The predicted molar refractivity (Wildman–Crippen MR) is 114 cm³/mol. The minimum Gasteiger partial charge on any atom is -0.338 e. The maximum atomic E-state index is 12.1. The zero-order valence-corrected chi connectivity index (χ0v) is 17.5. The Morgan fingerprint density at radius 2 is 1.96 bits per heavy atom. The van der Waals surface area contributed by atoms with Crippen LogP contribution in [0.3, 0.4) is 0 Å². The average molecular weight is 447 g/mol. The van der Waals surface area contributed by atoms with Crippen molar-refractivity contribution in [3.63, 3.8) is 0 Å². The fourth-order valence-corrected chi connectivity index (χ4v) is 4.40. The van der Waals surface area contributed by atoms with Crippen LogP contribution in [-0.2, 0) is 0 Å². The maximum Gasteiger partial charge on any atom is 0.319 e. The molecule has 27 heavy (non-hydrogen) atoms. The van der Waals surface area contributed by atoms with Crippen LogP contribution in [0.1, 0.15) is 31.2 Å². The van der Waals surface area contributed by atoms with Gasteiger partial charge in [-0.3, -0.25) is 5.32 Å². The number of nitrogens with zero attached hydrogens (tertiary/aromatic N) is 2. The number of carbonyl (C=O) groups excluding carboxylic acids is 1. The van der Waals surface area contributed by atoms with E-state index in [2.05, 4.69) is 37.5 Å². The second-order valence-electron chi connectivity index (χ2n) is 6.61. The van der Waals surface area contributed by atoms with Crippen molar-refractivity contribution in [3.05, 3.63) is 39.7 Å². The summed E-state index contributed by atoms with van der Waals surface area (Å²) in [5.41, 5.74) is 2.31. The van der Waals surface area contributed by atoms with Crippen molar-refractivity contribution < 1.29 is 4.79 Å². The zero-order valence-electron chi connectivity index (χ0n) is 15.1. The summed E-state index contributed by atoms with van der Waals surface area (Å²) in [6.45, 7) is 4.18. The van der Waals surface area contributed by atoms with E-state index in [1.54, 1.807) is 0 Å². The Morgan fingerprint density at radius 1 is 1.22 bits per heavy atom. The minimum atomic E-state index is -0.253. The Bertz CT molecular complexity index is 806.